The molecule has 0 spiro atoms. The number of hydrogen-bond acceptors (Lipinski definition) is 6. The Balaban J connectivity index is 1.95. The lowest BCUT2D eigenvalue weighted by Crippen LogP contribution is -2.31. The highest BCUT2D eigenvalue weighted by molar-refractivity contribution is 7.92. The van der Waals surface area contributed by atoms with Crippen molar-refractivity contribution in [3.8, 4) is 0 Å². The summed E-state index contributed by atoms with van der Waals surface area (Å²) in [6.45, 7) is -0.289. The van der Waals surface area contributed by atoms with E-state index in [2.05, 4.69) is 9.71 Å². The van der Waals surface area contributed by atoms with Gasteiger partial charge in [-0.15, -0.1) is 11.3 Å². The monoisotopic (exact) mass is 408 g/mol. The lowest BCUT2D eigenvalue weighted by Gasteiger charge is -2.18. The second-order valence-corrected chi connectivity index (χ2v) is 10.5. The largest absolute Gasteiger partial charge is 0.264 e. The van der Waals surface area contributed by atoms with E-state index in [9.17, 15) is 16.8 Å². The van der Waals surface area contributed by atoms with Gasteiger partial charge in [0.1, 0.15) is 9.46 Å². The zero-order valence-electron chi connectivity index (χ0n) is 13.5. The van der Waals surface area contributed by atoms with E-state index in [0.717, 1.165) is 11.3 Å². The Morgan fingerprint density at radius 1 is 0.962 bits per heavy atom. The fraction of sp³-hybridized carbons (Fsp3) is 0.118. The van der Waals surface area contributed by atoms with Crippen LogP contribution in [0.15, 0.2) is 81.5 Å². The van der Waals surface area contributed by atoms with Crippen molar-refractivity contribution >= 4 is 31.2 Å². The number of hydrogen-bond donors (Lipinski definition) is 1. The minimum Gasteiger partial charge on any atom is -0.264 e. The standard InChI is InChI=1S/C17H16N2O4S3/c20-25(21,15-7-2-1-3-8-15)16(14-6-4-10-18-12-14)13-19-26(22,23)17-9-5-11-24-17/h1-12,16,19H,13H2. The topological polar surface area (TPSA) is 93.2 Å². The SMILES string of the molecule is O=S(=O)(NCC(c1cccnc1)S(=O)(=O)c1ccccc1)c1cccs1. The van der Waals surface area contributed by atoms with Crippen LogP contribution >= 0.6 is 11.3 Å². The maximum absolute atomic E-state index is 13.1. The molecule has 0 bridgehead atoms. The summed E-state index contributed by atoms with van der Waals surface area (Å²) < 4.78 is 53.5. The maximum atomic E-state index is 13.1. The lowest BCUT2D eigenvalue weighted by atomic mass is 10.2. The maximum Gasteiger partial charge on any atom is 0.250 e. The summed E-state index contributed by atoms with van der Waals surface area (Å²) in [5, 5.41) is 0.557. The molecule has 2 heterocycles. The summed E-state index contributed by atoms with van der Waals surface area (Å²) in [7, 11) is -7.59. The fourth-order valence-electron chi connectivity index (χ4n) is 2.42. The summed E-state index contributed by atoms with van der Waals surface area (Å²) in [4.78, 5) is 4.10. The molecule has 3 aromatic rings. The Labute approximate surface area is 156 Å². The number of nitrogens with one attached hydrogen (secondary N) is 1. The molecular weight excluding hydrogens is 392 g/mol. The normalized spacial score (nSPS) is 13.4. The molecule has 0 aliphatic carbocycles. The molecule has 1 atom stereocenters. The molecule has 0 fully saturated rings. The zero-order chi connectivity index (χ0) is 18.6. The van der Waals surface area contributed by atoms with Gasteiger partial charge >= 0.3 is 0 Å². The van der Waals surface area contributed by atoms with Crippen LogP contribution in [0, 0.1) is 0 Å². The van der Waals surface area contributed by atoms with Crippen LogP contribution in [-0.2, 0) is 19.9 Å². The third kappa shape index (κ3) is 4.01. The molecule has 1 unspecified atom stereocenters. The van der Waals surface area contributed by atoms with Crippen LogP contribution in [-0.4, -0.2) is 28.4 Å². The highest BCUT2D eigenvalue weighted by Crippen LogP contribution is 2.28. The second-order valence-electron chi connectivity index (χ2n) is 5.42. The molecule has 26 heavy (non-hydrogen) atoms. The molecular formula is C17H16N2O4S3. The van der Waals surface area contributed by atoms with E-state index in [-0.39, 0.29) is 15.6 Å². The molecule has 0 saturated carbocycles. The van der Waals surface area contributed by atoms with Crippen LogP contribution in [0.1, 0.15) is 10.8 Å². The Kier molecular flexibility index (Phi) is 5.52. The Hall–Kier alpha value is -2.07. The first kappa shape index (κ1) is 18.7. The summed E-state index contributed by atoms with van der Waals surface area (Å²) >= 11 is 1.07. The van der Waals surface area contributed by atoms with Gasteiger partial charge in [-0.2, -0.15) is 0 Å². The first-order valence-electron chi connectivity index (χ1n) is 7.63. The third-order valence-corrected chi connectivity index (χ3v) is 8.66. The zero-order valence-corrected chi connectivity index (χ0v) is 16.0. The molecule has 3 rings (SSSR count). The van der Waals surface area contributed by atoms with Gasteiger partial charge in [-0.25, -0.2) is 21.6 Å². The van der Waals surface area contributed by atoms with Crippen molar-refractivity contribution in [2.24, 2.45) is 0 Å². The van der Waals surface area contributed by atoms with Gasteiger partial charge in [0.2, 0.25) is 10.0 Å². The molecule has 2 aromatic heterocycles. The number of sulfonamides is 1. The lowest BCUT2D eigenvalue weighted by molar-refractivity contribution is 0.569. The molecule has 0 radical (unpaired) electrons. The van der Waals surface area contributed by atoms with Gasteiger partial charge in [0.05, 0.1) is 4.90 Å². The number of sulfone groups is 1. The van der Waals surface area contributed by atoms with E-state index in [1.54, 1.807) is 41.8 Å². The van der Waals surface area contributed by atoms with Crippen molar-refractivity contribution in [3.63, 3.8) is 0 Å². The minimum atomic E-state index is -3.81. The van der Waals surface area contributed by atoms with Crippen LogP contribution in [0.4, 0.5) is 0 Å². The van der Waals surface area contributed by atoms with E-state index in [4.69, 9.17) is 0 Å². The molecule has 136 valence electrons. The van der Waals surface area contributed by atoms with Crippen molar-refractivity contribution < 1.29 is 16.8 Å². The highest BCUT2D eigenvalue weighted by atomic mass is 32.2. The fourth-order valence-corrected chi connectivity index (χ4v) is 6.28. The van der Waals surface area contributed by atoms with Gasteiger partial charge in [0.25, 0.3) is 0 Å². The minimum absolute atomic E-state index is 0.129. The van der Waals surface area contributed by atoms with Crippen molar-refractivity contribution in [2.75, 3.05) is 6.54 Å². The summed E-state index contributed by atoms with van der Waals surface area (Å²) in [5.41, 5.74) is 0.422. The summed E-state index contributed by atoms with van der Waals surface area (Å²) in [6.07, 6.45) is 2.97. The number of thiophene rings is 1. The van der Waals surface area contributed by atoms with E-state index in [1.165, 1.54) is 30.6 Å². The second kappa shape index (κ2) is 7.67. The molecule has 0 aliphatic rings. The van der Waals surface area contributed by atoms with Gasteiger partial charge in [0, 0.05) is 18.9 Å². The van der Waals surface area contributed by atoms with Gasteiger partial charge in [-0.05, 0) is 35.2 Å². The summed E-state index contributed by atoms with van der Waals surface area (Å²) in [6, 6.07) is 14.3. The molecule has 0 aliphatic heterocycles. The van der Waals surface area contributed by atoms with Crippen LogP contribution in [0.5, 0.6) is 0 Å². The van der Waals surface area contributed by atoms with Crippen molar-refractivity contribution in [3.05, 3.63) is 77.9 Å². The van der Waals surface area contributed by atoms with E-state index < -0.39 is 25.1 Å². The Morgan fingerprint density at radius 3 is 2.35 bits per heavy atom. The molecule has 9 heteroatoms. The van der Waals surface area contributed by atoms with Gasteiger partial charge < -0.3 is 0 Å². The average Bonchev–Trinajstić information content (AvgIpc) is 3.19. The molecule has 0 saturated heterocycles. The first-order chi connectivity index (χ1) is 12.4. The molecule has 1 N–H and O–H groups in total. The van der Waals surface area contributed by atoms with Crippen molar-refractivity contribution in [1.82, 2.24) is 9.71 Å². The van der Waals surface area contributed by atoms with Crippen LogP contribution in [0.2, 0.25) is 0 Å². The predicted molar refractivity (Wildman–Crippen MR) is 100 cm³/mol. The van der Waals surface area contributed by atoms with Crippen molar-refractivity contribution in [2.45, 2.75) is 14.4 Å². The number of pyridine rings is 1. The van der Waals surface area contributed by atoms with Crippen molar-refractivity contribution in [1.29, 1.82) is 0 Å². The van der Waals surface area contributed by atoms with E-state index >= 15 is 0 Å². The Bertz CT molecular complexity index is 1050. The first-order valence-corrected chi connectivity index (χ1v) is 11.5. The predicted octanol–water partition coefficient (Wildman–Crippen LogP) is 2.64. The van der Waals surface area contributed by atoms with E-state index in [1.807, 2.05) is 0 Å². The highest BCUT2D eigenvalue weighted by Gasteiger charge is 2.31. The van der Waals surface area contributed by atoms with Crippen LogP contribution in [0.3, 0.4) is 0 Å². The molecule has 6 nitrogen and oxygen atoms in total. The van der Waals surface area contributed by atoms with Crippen LogP contribution in [0.25, 0.3) is 0 Å². The quantitative estimate of drug-likeness (QED) is 0.649. The van der Waals surface area contributed by atoms with Gasteiger partial charge in [-0.3, -0.25) is 4.98 Å². The van der Waals surface area contributed by atoms with E-state index in [0.29, 0.717) is 5.56 Å². The number of nitrogens with zero attached hydrogens (tertiary/aromatic N) is 1. The number of aromatic nitrogens is 1. The van der Waals surface area contributed by atoms with Gasteiger partial charge in [-0.1, -0.05) is 30.3 Å². The smallest absolute Gasteiger partial charge is 0.250 e. The Morgan fingerprint density at radius 2 is 1.73 bits per heavy atom. The van der Waals surface area contributed by atoms with Crippen LogP contribution < -0.4 is 4.72 Å². The molecule has 1 aromatic carbocycles. The summed E-state index contributed by atoms with van der Waals surface area (Å²) in [5.74, 6) is 0. The number of rotatable bonds is 7. The average molecular weight is 409 g/mol. The number of benzene rings is 1. The van der Waals surface area contributed by atoms with Gasteiger partial charge in [0.15, 0.2) is 9.84 Å². The molecule has 0 amide bonds. The third-order valence-electron chi connectivity index (χ3n) is 3.72.